The maximum absolute atomic E-state index is 11.6. The van der Waals surface area contributed by atoms with E-state index in [4.69, 9.17) is 4.74 Å². The van der Waals surface area contributed by atoms with E-state index in [-0.39, 0.29) is 18.0 Å². The van der Waals surface area contributed by atoms with Crippen LogP contribution in [0.4, 0.5) is 0 Å². The zero-order valence-electron chi connectivity index (χ0n) is 11.0. The van der Waals surface area contributed by atoms with Gasteiger partial charge in [0.25, 0.3) is 0 Å². The summed E-state index contributed by atoms with van der Waals surface area (Å²) < 4.78 is 5.29. The van der Waals surface area contributed by atoms with E-state index < -0.39 is 6.10 Å². The van der Waals surface area contributed by atoms with Gasteiger partial charge in [-0.3, -0.25) is 0 Å². The molecule has 0 unspecified atom stereocenters. The number of carbonyl (C=O) groups is 1. The first-order valence-electron chi connectivity index (χ1n) is 6.40. The molecule has 3 heteroatoms. The quantitative estimate of drug-likeness (QED) is 0.407. The molecule has 18 heavy (non-hydrogen) atoms. The first-order chi connectivity index (χ1) is 8.49. The second-order valence-corrected chi connectivity index (χ2v) is 5.29. The Morgan fingerprint density at radius 3 is 2.83 bits per heavy atom. The van der Waals surface area contributed by atoms with Gasteiger partial charge in [-0.05, 0) is 39.2 Å². The van der Waals surface area contributed by atoms with E-state index in [1.54, 1.807) is 0 Å². The van der Waals surface area contributed by atoms with Crippen molar-refractivity contribution in [1.82, 2.24) is 0 Å². The van der Waals surface area contributed by atoms with Crippen LogP contribution in [-0.2, 0) is 9.53 Å². The van der Waals surface area contributed by atoms with Crippen LogP contribution in [0.25, 0.3) is 0 Å². The lowest BCUT2D eigenvalue weighted by Crippen LogP contribution is -2.28. The van der Waals surface area contributed by atoms with Gasteiger partial charge < -0.3 is 9.84 Å². The standard InChI is InChI=1S/C15H20O3/c1-9-5-4-6-10(2)8-13-14(12(16)7-9)11(3)15(17)18-13/h5,8,12-14,16H,3-4,6-7H2,1-2H3/b9-5-,10-8+/t12-,13+,14+/m0/s1. The Bertz CT molecular complexity index is 431. The van der Waals surface area contributed by atoms with Crippen molar-refractivity contribution in [3.05, 3.63) is 35.5 Å². The summed E-state index contributed by atoms with van der Waals surface area (Å²) in [5.74, 6) is -0.692. The smallest absolute Gasteiger partial charge is 0.334 e. The van der Waals surface area contributed by atoms with Gasteiger partial charge in [0.15, 0.2) is 0 Å². The van der Waals surface area contributed by atoms with Crippen molar-refractivity contribution in [3.8, 4) is 0 Å². The molecule has 3 nitrogen and oxygen atoms in total. The molecule has 0 saturated carbocycles. The van der Waals surface area contributed by atoms with E-state index in [0.717, 1.165) is 18.4 Å². The number of fused-ring (bicyclic) bond motifs is 1. The number of rotatable bonds is 0. The average Bonchev–Trinajstić information content (AvgIpc) is 2.53. The van der Waals surface area contributed by atoms with E-state index in [1.165, 1.54) is 5.57 Å². The third kappa shape index (κ3) is 2.56. The summed E-state index contributed by atoms with van der Waals surface area (Å²) in [5, 5.41) is 10.3. The maximum atomic E-state index is 11.6. The largest absolute Gasteiger partial charge is 0.454 e. The molecule has 0 bridgehead atoms. The van der Waals surface area contributed by atoms with E-state index in [1.807, 2.05) is 19.9 Å². The molecule has 0 spiro atoms. The minimum Gasteiger partial charge on any atom is -0.454 e. The molecule has 0 aromatic carbocycles. The summed E-state index contributed by atoms with van der Waals surface area (Å²) >= 11 is 0. The van der Waals surface area contributed by atoms with Gasteiger partial charge in [0.2, 0.25) is 0 Å². The molecule has 1 saturated heterocycles. The fraction of sp³-hybridized carbons (Fsp3) is 0.533. The van der Waals surface area contributed by atoms with Gasteiger partial charge in [-0.2, -0.15) is 0 Å². The Hall–Kier alpha value is -1.35. The van der Waals surface area contributed by atoms with E-state index in [0.29, 0.717) is 12.0 Å². The van der Waals surface area contributed by atoms with E-state index in [2.05, 4.69) is 12.7 Å². The maximum Gasteiger partial charge on any atom is 0.334 e. The number of ether oxygens (including phenoxy) is 1. The highest BCUT2D eigenvalue weighted by atomic mass is 16.6. The summed E-state index contributed by atoms with van der Waals surface area (Å²) in [6, 6.07) is 0. The van der Waals surface area contributed by atoms with Crippen molar-refractivity contribution in [2.24, 2.45) is 5.92 Å². The molecule has 1 N–H and O–H groups in total. The second kappa shape index (κ2) is 5.11. The monoisotopic (exact) mass is 248 g/mol. The van der Waals surface area contributed by atoms with Crippen LogP contribution in [0.5, 0.6) is 0 Å². The van der Waals surface area contributed by atoms with Crippen molar-refractivity contribution < 1.29 is 14.6 Å². The Morgan fingerprint density at radius 1 is 1.39 bits per heavy atom. The van der Waals surface area contributed by atoms with Crippen molar-refractivity contribution in [2.75, 3.05) is 0 Å². The van der Waals surface area contributed by atoms with Crippen LogP contribution >= 0.6 is 0 Å². The van der Waals surface area contributed by atoms with Gasteiger partial charge in [0.1, 0.15) is 6.10 Å². The van der Waals surface area contributed by atoms with Gasteiger partial charge in [0.05, 0.1) is 12.0 Å². The molecule has 0 aromatic heterocycles. The molecule has 1 aliphatic heterocycles. The van der Waals surface area contributed by atoms with E-state index in [9.17, 15) is 9.90 Å². The lowest BCUT2D eigenvalue weighted by Gasteiger charge is -2.23. The normalized spacial score (nSPS) is 39.2. The predicted molar refractivity (Wildman–Crippen MR) is 69.9 cm³/mol. The molecule has 1 heterocycles. The highest BCUT2D eigenvalue weighted by Crippen LogP contribution is 2.34. The third-order valence-corrected chi connectivity index (χ3v) is 3.69. The molecule has 2 rings (SSSR count). The zero-order valence-corrected chi connectivity index (χ0v) is 11.0. The van der Waals surface area contributed by atoms with Crippen molar-refractivity contribution in [3.63, 3.8) is 0 Å². The molecule has 1 aliphatic carbocycles. The second-order valence-electron chi connectivity index (χ2n) is 5.29. The molecule has 98 valence electrons. The number of hydrogen-bond acceptors (Lipinski definition) is 3. The van der Waals surface area contributed by atoms with Gasteiger partial charge in [0, 0.05) is 5.57 Å². The molecule has 2 aliphatic rings. The van der Waals surface area contributed by atoms with Crippen LogP contribution in [0.15, 0.2) is 35.5 Å². The lowest BCUT2D eigenvalue weighted by molar-refractivity contribution is -0.137. The van der Waals surface area contributed by atoms with Crippen LogP contribution in [0, 0.1) is 5.92 Å². The van der Waals surface area contributed by atoms with Crippen molar-refractivity contribution in [1.29, 1.82) is 0 Å². The van der Waals surface area contributed by atoms with Crippen LogP contribution < -0.4 is 0 Å². The lowest BCUT2D eigenvalue weighted by atomic mass is 9.86. The van der Waals surface area contributed by atoms with Gasteiger partial charge >= 0.3 is 5.97 Å². The molecule has 0 radical (unpaired) electrons. The molecular formula is C15H20O3. The number of carbonyl (C=O) groups excluding carboxylic acids is 1. The van der Waals surface area contributed by atoms with Crippen molar-refractivity contribution in [2.45, 2.75) is 45.3 Å². The Labute approximate surface area is 108 Å². The first kappa shape index (κ1) is 13.1. The van der Waals surface area contributed by atoms with Gasteiger partial charge in [-0.25, -0.2) is 4.79 Å². The van der Waals surface area contributed by atoms with Crippen LogP contribution in [0.2, 0.25) is 0 Å². The minimum absolute atomic E-state index is 0.311. The molecule has 3 atom stereocenters. The SMILES string of the molecule is C=C1C(=O)O[C@@H]2/C=C(\C)CC/C=C(/C)C[C@H](O)[C@@H]12. The van der Waals surface area contributed by atoms with Gasteiger partial charge in [-0.15, -0.1) is 0 Å². The molecular weight excluding hydrogens is 228 g/mol. The predicted octanol–water partition coefficient (Wildman–Crippen LogP) is 2.52. The van der Waals surface area contributed by atoms with Crippen molar-refractivity contribution >= 4 is 5.97 Å². The van der Waals surface area contributed by atoms with Crippen LogP contribution in [-0.4, -0.2) is 23.3 Å². The molecule has 0 aromatic rings. The first-order valence-corrected chi connectivity index (χ1v) is 6.40. The number of allylic oxidation sites excluding steroid dienone is 2. The molecule has 0 amide bonds. The summed E-state index contributed by atoms with van der Waals surface area (Å²) in [6.45, 7) is 7.81. The Kier molecular flexibility index (Phi) is 3.71. The molecule has 1 fully saturated rings. The third-order valence-electron chi connectivity index (χ3n) is 3.69. The number of aliphatic hydroxyl groups excluding tert-OH is 1. The number of aliphatic hydroxyl groups is 1. The number of esters is 1. The fourth-order valence-electron chi connectivity index (χ4n) is 2.65. The topological polar surface area (TPSA) is 46.5 Å². The number of hydrogen-bond donors (Lipinski definition) is 1. The van der Waals surface area contributed by atoms with Crippen LogP contribution in [0.3, 0.4) is 0 Å². The fourth-order valence-corrected chi connectivity index (χ4v) is 2.65. The van der Waals surface area contributed by atoms with Gasteiger partial charge in [-0.1, -0.05) is 23.8 Å². The summed E-state index contributed by atoms with van der Waals surface area (Å²) in [7, 11) is 0. The highest BCUT2D eigenvalue weighted by Gasteiger charge is 2.41. The average molecular weight is 248 g/mol. The Balaban J connectivity index is 2.33. The Morgan fingerprint density at radius 2 is 2.11 bits per heavy atom. The minimum atomic E-state index is -0.604. The zero-order chi connectivity index (χ0) is 13.3. The van der Waals surface area contributed by atoms with E-state index >= 15 is 0 Å². The summed E-state index contributed by atoms with van der Waals surface area (Å²) in [6.07, 6.45) is 5.65. The highest BCUT2D eigenvalue weighted by molar-refractivity contribution is 5.91. The van der Waals surface area contributed by atoms with Crippen LogP contribution in [0.1, 0.15) is 33.1 Å². The summed E-state index contributed by atoms with van der Waals surface area (Å²) in [4.78, 5) is 11.6. The summed E-state index contributed by atoms with van der Waals surface area (Å²) in [5.41, 5.74) is 2.73.